The van der Waals surface area contributed by atoms with Crippen LogP contribution in [0.5, 0.6) is 0 Å². The van der Waals surface area contributed by atoms with Gasteiger partial charge in [-0.3, -0.25) is 4.98 Å². The van der Waals surface area contributed by atoms with E-state index in [0.717, 1.165) is 21.5 Å². The third-order valence-electron chi connectivity index (χ3n) is 8.25. The molecule has 236 valence electrons. The van der Waals surface area contributed by atoms with Gasteiger partial charge in [-0.25, -0.2) is 0 Å². The molecule has 1 aliphatic carbocycles. The van der Waals surface area contributed by atoms with Crippen LogP contribution in [0.15, 0.2) is 170 Å². The molecule has 49 heavy (non-hydrogen) atoms. The van der Waals surface area contributed by atoms with Gasteiger partial charge in [0, 0.05) is 11.6 Å². The second-order valence-corrected chi connectivity index (χ2v) is 16.7. The number of aryl methyl sites for hydroxylation is 1. The molecule has 0 atom stereocenters. The summed E-state index contributed by atoms with van der Waals surface area (Å²) in [7, 11) is 10.6. The monoisotopic (exact) mass is 763 g/mol. The van der Waals surface area contributed by atoms with Gasteiger partial charge < -0.3 is 0 Å². The zero-order valence-corrected chi connectivity index (χ0v) is 32.0. The Morgan fingerprint density at radius 2 is 1.31 bits per heavy atom. The van der Waals surface area contributed by atoms with E-state index in [4.69, 9.17) is 17.0 Å². The number of rotatable bonds is 3. The first-order chi connectivity index (χ1) is 24.1. The van der Waals surface area contributed by atoms with Crippen LogP contribution in [0, 0.1) is 13.0 Å². The van der Waals surface area contributed by atoms with E-state index in [9.17, 15) is 0 Å². The molecule has 1 aromatic heterocycles. The standard InChI is InChI=1S/C19H14N.C13H9.C12H10Si.2ClH.Zr/c1-13-9-14-6-4-7-17(18(14)10-13)16-11-15-5-2-3-8-19(15)20-12-16;1-3-7-12-10(5-1)9-11-6-2-4-8-13(11)12;1-3-7-11(8-4-1)13-12-9-5-2-6-10-12;;;/h2-12H,1H3;1-5,7-8H,9H2;1-10H;2*1H;/q2*-1;;;;+4/p-2. The summed E-state index contributed by atoms with van der Waals surface area (Å²) in [6.07, 6.45) is 3.02. The topological polar surface area (TPSA) is 12.9 Å². The van der Waals surface area contributed by atoms with Crippen LogP contribution >= 0.6 is 17.0 Å². The first-order valence-corrected chi connectivity index (χ1v) is 23.4. The summed E-state index contributed by atoms with van der Waals surface area (Å²) in [4.78, 5) is 4.57. The average molecular weight is 766 g/mol. The van der Waals surface area contributed by atoms with E-state index in [1.165, 1.54) is 65.5 Å². The molecule has 8 aromatic rings. The van der Waals surface area contributed by atoms with Crippen molar-refractivity contribution < 1.29 is 20.8 Å². The van der Waals surface area contributed by atoms with Crippen LogP contribution in [0.4, 0.5) is 0 Å². The molecule has 0 saturated carbocycles. The van der Waals surface area contributed by atoms with Crippen molar-refractivity contribution in [1.29, 1.82) is 0 Å². The van der Waals surface area contributed by atoms with Gasteiger partial charge in [-0.2, -0.15) is 35.9 Å². The number of nitrogens with zero attached hydrogens (tertiary/aromatic N) is 1. The number of halogens is 2. The molecule has 0 aliphatic heterocycles. The quantitative estimate of drug-likeness (QED) is 0.129. The fourth-order valence-electron chi connectivity index (χ4n) is 6.06. The van der Waals surface area contributed by atoms with E-state index in [1.807, 2.05) is 24.4 Å². The van der Waals surface area contributed by atoms with Crippen LogP contribution in [0.25, 0.3) is 43.9 Å². The van der Waals surface area contributed by atoms with Crippen molar-refractivity contribution in [3.8, 4) is 22.3 Å². The molecular weight excluding hydrogens is 733 g/mol. The average Bonchev–Trinajstić information content (AvgIpc) is 3.73. The van der Waals surface area contributed by atoms with Crippen molar-refractivity contribution in [3.63, 3.8) is 0 Å². The first kappa shape index (κ1) is 34.9. The van der Waals surface area contributed by atoms with Gasteiger partial charge in [0.15, 0.2) is 0 Å². The molecule has 9 rings (SSSR count). The van der Waals surface area contributed by atoms with E-state index in [0.29, 0.717) is 0 Å². The summed E-state index contributed by atoms with van der Waals surface area (Å²) in [5.74, 6) is 0. The molecule has 5 heteroatoms. The third kappa shape index (κ3) is 9.18. The number of benzene rings is 6. The summed E-state index contributed by atoms with van der Waals surface area (Å²) < 4.78 is 0. The predicted molar refractivity (Wildman–Crippen MR) is 208 cm³/mol. The molecule has 1 heterocycles. The van der Waals surface area contributed by atoms with Crippen LogP contribution in [-0.2, 0) is 27.3 Å². The molecule has 0 spiro atoms. The summed E-state index contributed by atoms with van der Waals surface area (Å²) in [6, 6.07) is 60.7. The van der Waals surface area contributed by atoms with Crippen LogP contribution < -0.4 is 10.4 Å². The minimum Gasteiger partial charge on any atom is -0.179 e. The molecular formula is C44H33Cl2NSiZr. The van der Waals surface area contributed by atoms with Crippen molar-refractivity contribution in [3.05, 3.63) is 193 Å². The Morgan fingerprint density at radius 3 is 2.06 bits per heavy atom. The maximum absolute atomic E-state index is 4.93. The summed E-state index contributed by atoms with van der Waals surface area (Å²) in [5.41, 5.74) is 10.3. The van der Waals surface area contributed by atoms with E-state index in [1.54, 1.807) is 0 Å². The van der Waals surface area contributed by atoms with E-state index < -0.39 is 20.8 Å². The van der Waals surface area contributed by atoms with Gasteiger partial charge in [0.05, 0.1) is 5.52 Å². The Hall–Kier alpha value is -3.98. The molecule has 0 saturated heterocycles. The van der Waals surface area contributed by atoms with Gasteiger partial charge in [-0.1, -0.05) is 143 Å². The number of fused-ring (bicyclic) bond motifs is 5. The molecule has 2 radical (unpaired) electrons. The third-order valence-corrected chi connectivity index (χ3v) is 9.49. The van der Waals surface area contributed by atoms with Crippen LogP contribution in [0.2, 0.25) is 0 Å². The number of para-hydroxylation sites is 1. The number of pyridine rings is 1. The number of aromatic nitrogens is 1. The van der Waals surface area contributed by atoms with Crippen molar-refractivity contribution in [2.24, 2.45) is 0 Å². The zero-order valence-electron chi connectivity index (χ0n) is 27.1. The summed E-state index contributed by atoms with van der Waals surface area (Å²) >= 11 is -0.826. The van der Waals surface area contributed by atoms with Gasteiger partial charge >= 0.3 is 37.9 Å². The SMILES string of the molecule is Cc1cc2c(-c3cnc4ccccc4c3)cccc2[cH-]1.[Cl][Zr+2][Cl].[c-]1cccc2c1Cc1ccccc1-2.c1ccc([Si]c2ccccc2)cc1. The molecule has 0 fully saturated rings. The zero-order chi connectivity index (χ0) is 33.8. The van der Waals surface area contributed by atoms with Crippen molar-refractivity contribution in [2.45, 2.75) is 13.3 Å². The molecule has 1 nitrogen and oxygen atoms in total. The normalized spacial score (nSPS) is 10.7. The minimum absolute atomic E-state index is 0.777. The molecule has 0 amide bonds. The van der Waals surface area contributed by atoms with Gasteiger partial charge in [0.1, 0.15) is 9.52 Å². The van der Waals surface area contributed by atoms with Gasteiger partial charge in [0.2, 0.25) is 0 Å². The van der Waals surface area contributed by atoms with E-state index in [2.05, 4.69) is 164 Å². The Balaban J connectivity index is 0.000000127. The van der Waals surface area contributed by atoms with Crippen LogP contribution in [0.3, 0.4) is 0 Å². The van der Waals surface area contributed by atoms with Crippen molar-refractivity contribution in [2.75, 3.05) is 0 Å². The summed E-state index contributed by atoms with van der Waals surface area (Å²) in [5, 5.41) is 6.59. The van der Waals surface area contributed by atoms with E-state index >= 15 is 0 Å². The van der Waals surface area contributed by atoms with Crippen LogP contribution in [-0.4, -0.2) is 14.5 Å². The molecule has 7 aromatic carbocycles. The second kappa shape index (κ2) is 17.6. The Bertz CT molecular complexity index is 2170. The summed E-state index contributed by atoms with van der Waals surface area (Å²) in [6.45, 7) is 2.14. The number of hydrogen-bond donors (Lipinski definition) is 0. The first-order valence-electron chi connectivity index (χ1n) is 16.1. The Labute approximate surface area is 310 Å². The Kier molecular flexibility index (Phi) is 12.5. The molecule has 0 bridgehead atoms. The molecule has 0 unspecified atom stereocenters. The fourth-order valence-corrected chi connectivity index (χ4v) is 7.11. The van der Waals surface area contributed by atoms with Gasteiger partial charge in [0.25, 0.3) is 0 Å². The maximum Gasteiger partial charge on any atom is 0.121 e. The largest absolute Gasteiger partial charge is 0.179 e. The smallest absolute Gasteiger partial charge is 0.121 e. The number of hydrogen-bond acceptors (Lipinski definition) is 1. The van der Waals surface area contributed by atoms with Gasteiger partial charge in [-0.15, -0.1) is 40.1 Å². The second-order valence-electron chi connectivity index (χ2n) is 11.6. The van der Waals surface area contributed by atoms with Crippen molar-refractivity contribution >= 4 is 58.6 Å². The van der Waals surface area contributed by atoms with Crippen LogP contribution in [0.1, 0.15) is 16.7 Å². The van der Waals surface area contributed by atoms with E-state index in [-0.39, 0.29) is 0 Å². The fraction of sp³-hybridized carbons (Fsp3) is 0.0455. The Morgan fingerprint density at radius 1 is 0.673 bits per heavy atom. The predicted octanol–water partition coefficient (Wildman–Crippen LogP) is 10.9. The molecule has 0 N–H and O–H groups in total. The maximum atomic E-state index is 4.93. The minimum atomic E-state index is -0.826. The van der Waals surface area contributed by atoms with Crippen molar-refractivity contribution in [1.82, 2.24) is 4.98 Å². The molecule has 1 aliphatic rings. The van der Waals surface area contributed by atoms with Gasteiger partial charge in [-0.05, 0) is 24.1 Å².